The van der Waals surface area contributed by atoms with Crippen molar-refractivity contribution >= 4 is 5.97 Å². The number of aliphatic hydroxyl groups excluding tert-OH is 1. The van der Waals surface area contributed by atoms with E-state index in [1.54, 1.807) is 0 Å². The monoisotopic (exact) mass is 277 g/mol. The fraction of sp³-hybridized carbons (Fsp3) is 0.812. The third-order valence-electron chi connectivity index (χ3n) is 6.61. The first-order valence-electron chi connectivity index (χ1n) is 7.75. The van der Waals surface area contributed by atoms with Crippen molar-refractivity contribution in [1.29, 1.82) is 0 Å². The maximum Gasteiger partial charge on any atom is 0.330 e. The lowest BCUT2D eigenvalue weighted by molar-refractivity contribution is -0.453. The highest BCUT2D eigenvalue weighted by Gasteiger charge is 2.65. The summed E-state index contributed by atoms with van der Waals surface area (Å²) in [4.78, 5) is 11.2. The van der Waals surface area contributed by atoms with Gasteiger partial charge in [0, 0.05) is 12.2 Å². The molecule has 0 radical (unpaired) electrons. The summed E-state index contributed by atoms with van der Waals surface area (Å²) in [5.74, 6) is 2.68. The Hall–Kier alpha value is -0.870. The highest BCUT2D eigenvalue weighted by Crippen LogP contribution is 2.68. The first kappa shape index (κ1) is 12.8. The molecule has 4 rings (SSSR count). The largest absolute Gasteiger partial charge is 0.850 e. The van der Waals surface area contributed by atoms with Crippen LogP contribution in [0.4, 0.5) is 0 Å². The molecule has 0 heterocycles. The lowest BCUT2D eigenvalue weighted by Gasteiger charge is -2.46. The molecular formula is C16H21O4-. The van der Waals surface area contributed by atoms with Crippen LogP contribution in [0.2, 0.25) is 0 Å². The van der Waals surface area contributed by atoms with Crippen molar-refractivity contribution in [3.05, 3.63) is 12.7 Å². The Bertz CT molecular complexity index is 448. The molecule has 0 saturated heterocycles. The summed E-state index contributed by atoms with van der Waals surface area (Å²) in [7, 11) is 0. The number of ether oxygens (including phenoxy) is 1. The zero-order chi connectivity index (χ0) is 14.0. The zero-order valence-corrected chi connectivity index (χ0v) is 11.5. The normalized spacial score (nSPS) is 55.0. The second kappa shape index (κ2) is 4.31. The Labute approximate surface area is 118 Å². The third-order valence-corrected chi connectivity index (χ3v) is 6.61. The molecular weight excluding hydrogens is 256 g/mol. The Morgan fingerprint density at radius 2 is 2.05 bits per heavy atom. The van der Waals surface area contributed by atoms with Gasteiger partial charge in [0.05, 0.1) is 6.61 Å². The number of carbonyl (C=O) groups is 1. The summed E-state index contributed by atoms with van der Waals surface area (Å²) in [5.41, 5.74) is 0. The van der Waals surface area contributed by atoms with Gasteiger partial charge in [-0.15, -0.1) is 0 Å². The van der Waals surface area contributed by atoms with Crippen LogP contribution in [0, 0.1) is 41.4 Å². The molecule has 4 bridgehead atoms. The minimum Gasteiger partial charge on any atom is -0.850 e. The second-order valence-corrected chi connectivity index (χ2v) is 7.16. The SMILES string of the molecule is C=CC(=O)OCC1CC2CC1C1C3CC(C(O)C3[O-])C21. The van der Waals surface area contributed by atoms with Crippen LogP contribution in [0.3, 0.4) is 0 Å². The molecule has 110 valence electrons. The van der Waals surface area contributed by atoms with Crippen LogP contribution >= 0.6 is 0 Å². The lowest BCUT2D eigenvalue weighted by Crippen LogP contribution is -2.51. The molecule has 0 aromatic rings. The second-order valence-electron chi connectivity index (χ2n) is 7.16. The van der Waals surface area contributed by atoms with E-state index in [9.17, 15) is 15.0 Å². The van der Waals surface area contributed by atoms with Gasteiger partial charge in [-0.25, -0.2) is 4.79 Å². The van der Waals surface area contributed by atoms with Gasteiger partial charge in [-0.1, -0.05) is 12.7 Å². The minimum atomic E-state index is -0.781. The molecule has 9 unspecified atom stereocenters. The molecule has 0 spiro atoms. The molecule has 4 saturated carbocycles. The number of rotatable bonds is 3. The van der Waals surface area contributed by atoms with E-state index in [0.29, 0.717) is 36.2 Å². The van der Waals surface area contributed by atoms with E-state index < -0.39 is 12.2 Å². The Balaban J connectivity index is 1.48. The van der Waals surface area contributed by atoms with E-state index in [4.69, 9.17) is 4.74 Å². The maximum atomic E-state index is 12.1. The topological polar surface area (TPSA) is 69.6 Å². The smallest absolute Gasteiger partial charge is 0.330 e. The fourth-order valence-corrected chi connectivity index (χ4v) is 6.11. The van der Waals surface area contributed by atoms with E-state index in [2.05, 4.69) is 6.58 Å². The Kier molecular flexibility index (Phi) is 2.77. The standard InChI is InChI=1S/C16H21O4/c1-2-12(17)20-6-8-3-7-4-9(8)14-11-5-10(13(7)14)15(18)16(11)19/h2,7-11,13-16,18H,1,3-6H2/q-1. The predicted octanol–water partition coefficient (Wildman–Crippen LogP) is 0.343. The minimum absolute atomic E-state index is 0.160. The Morgan fingerprint density at radius 1 is 1.25 bits per heavy atom. The summed E-state index contributed by atoms with van der Waals surface area (Å²) in [6.45, 7) is 3.88. The molecule has 0 amide bonds. The molecule has 1 N–H and O–H groups in total. The number of hydrogen-bond acceptors (Lipinski definition) is 4. The molecule has 0 aromatic carbocycles. The molecule has 4 fully saturated rings. The quantitative estimate of drug-likeness (QED) is 0.459. The van der Waals surface area contributed by atoms with Gasteiger partial charge in [0.1, 0.15) is 0 Å². The van der Waals surface area contributed by atoms with E-state index in [0.717, 1.165) is 19.3 Å². The first-order chi connectivity index (χ1) is 9.61. The van der Waals surface area contributed by atoms with Crippen LogP contribution in [-0.4, -0.2) is 29.9 Å². The van der Waals surface area contributed by atoms with E-state index in [-0.39, 0.29) is 17.8 Å². The number of aliphatic hydroxyl groups is 1. The lowest BCUT2D eigenvalue weighted by atomic mass is 9.66. The molecule has 4 nitrogen and oxygen atoms in total. The van der Waals surface area contributed by atoms with Gasteiger partial charge < -0.3 is 14.9 Å². The van der Waals surface area contributed by atoms with Crippen molar-refractivity contribution in [2.45, 2.75) is 31.5 Å². The van der Waals surface area contributed by atoms with Crippen molar-refractivity contribution in [2.24, 2.45) is 41.4 Å². The molecule has 0 aromatic heterocycles. The van der Waals surface area contributed by atoms with Crippen molar-refractivity contribution in [2.75, 3.05) is 6.61 Å². The Morgan fingerprint density at radius 3 is 2.80 bits per heavy atom. The fourth-order valence-electron chi connectivity index (χ4n) is 6.11. The predicted molar refractivity (Wildman–Crippen MR) is 69.2 cm³/mol. The van der Waals surface area contributed by atoms with Crippen LogP contribution < -0.4 is 5.11 Å². The van der Waals surface area contributed by atoms with Gasteiger partial charge in [-0.3, -0.25) is 0 Å². The van der Waals surface area contributed by atoms with Crippen LogP contribution in [0.1, 0.15) is 19.3 Å². The van der Waals surface area contributed by atoms with Gasteiger partial charge in [0.25, 0.3) is 0 Å². The molecule has 4 aliphatic rings. The molecule has 4 aliphatic carbocycles. The first-order valence-corrected chi connectivity index (χ1v) is 7.75. The van der Waals surface area contributed by atoms with E-state index >= 15 is 0 Å². The van der Waals surface area contributed by atoms with Crippen molar-refractivity contribution in [3.8, 4) is 0 Å². The number of esters is 1. The average Bonchev–Trinajstić information content (AvgIpc) is 3.16. The van der Waals surface area contributed by atoms with E-state index in [1.165, 1.54) is 6.08 Å². The van der Waals surface area contributed by atoms with Crippen LogP contribution in [0.5, 0.6) is 0 Å². The number of hydrogen-bond donors (Lipinski definition) is 1. The molecule has 20 heavy (non-hydrogen) atoms. The van der Waals surface area contributed by atoms with Crippen LogP contribution in [0.15, 0.2) is 12.7 Å². The molecule has 9 atom stereocenters. The van der Waals surface area contributed by atoms with Crippen molar-refractivity contribution in [1.82, 2.24) is 0 Å². The van der Waals surface area contributed by atoms with Crippen molar-refractivity contribution in [3.63, 3.8) is 0 Å². The summed E-state index contributed by atoms with van der Waals surface area (Å²) in [5, 5.41) is 22.2. The van der Waals surface area contributed by atoms with Crippen molar-refractivity contribution < 1.29 is 19.7 Å². The average molecular weight is 277 g/mol. The summed E-state index contributed by atoms with van der Waals surface area (Å²) < 4.78 is 5.22. The highest BCUT2D eigenvalue weighted by atomic mass is 16.5. The zero-order valence-electron chi connectivity index (χ0n) is 11.5. The third kappa shape index (κ3) is 1.52. The number of fused-ring (bicyclic) bond motifs is 9. The van der Waals surface area contributed by atoms with Gasteiger partial charge in [-0.05, 0) is 60.7 Å². The molecule has 4 heteroatoms. The highest BCUT2D eigenvalue weighted by molar-refractivity contribution is 5.81. The van der Waals surface area contributed by atoms with Gasteiger partial charge in [0.15, 0.2) is 0 Å². The van der Waals surface area contributed by atoms with Crippen LogP contribution in [-0.2, 0) is 9.53 Å². The van der Waals surface area contributed by atoms with Gasteiger partial charge >= 0.3 is 5.97 Å². The van der Waals surface area contributed by atoms with E-state index in [1.807, 2.05) is 0 Å². The maximum absolute atomic E-state index is 12.1. The summed E-state index contributed by atoms with van der Waals surface area (Å²) >= 11 is 0. The van der Waals surface area contributed by atoms with Gasteiger partial charge in [-0.2, -0.15) is 0 Å². The number of carbonyl (C=O) groups excluding carboxylic acids is 1. The summed E-state index contributed by atoms with van der Waals surface area (Å²) in [6.07, 6.45) is 3.00. The summed E-state index contributed by atoms with van der Waals surface area (Å²) in [6, 6.07) is 0. The van der Waals surface area contributed by atoms with Crippen LogP contribution in [0.25, 0.3) is 0 Å². The van der Waals surface area contributed by atoms with Gasteiger partial charge in [0.2, 0.25) is 0 Å². The molecule has 0 aliphatic heterocycles.